The number of sulfonamides is 1. The molecule has 3 N–H and O–H groups in total. The summed E-state index contributed by atoms with van der Waals surface area (Å²) in [5.74, 6) is -0.0378. The number of carbonyl (C=O) groups excluding carboxylic acids is 1. The zero-order chi connectivity index (χ0) is 17.2. The van der Waals surface area contributed by atoms with E-state index >= 15 is 0 Å². The highest BCUT2D eigenvalue weighted by molar-refractivity contribution is 8.00. The number of nitrogens with two attached hydrogens (primary N) is 1. The van der Waals surface area contributed by atoms with Crippen molar-refractivity contribution in [2.45, 2.75) is 9.92 Å². The van der Waals surface area contributed by atoms with Gasteiger partial charge in [0.25, 0.3) is 0 Å². The van der Waals surface area contributed by atoms with E-state index in [4.69, 9.17) is 5.14 Å². The fourth-order valence-corrected chi connectivity index (χ4v) is 4.04. The summed E-state index contributed by atoms with van der Waals surface area (Å²) in [5.41, 5.74) is 0.497. The fraction of sp³-hybridized carbons (Fsp3) is 0.0714. The van der Waals surface area contributed by atoms with Crippen molar-refractivity contribution in [3.8, 4) is 0 Å². The molecule has 2 aromatic heterocycles. The van der Waals surface area contributed by atoms with Crippen LogP contribution in [0.2, 0.25) is 0 Å². The lowest BCUT2D eigenvalue weighted by atomic mass is 10.3. The molecule has 0 saturated carbocycles. The quantitative estimate of drug-likeness (QED) is 0.517. The number of hydrogen-bond donors (Lipinski definition) is 2. The van der Waals surface area contributed by atoms with Gasteiger partial charge >= 0.3 is 0 Å². The maximum Gasteiger partial charge on any atom is 0.238 e. The second-order valence-corrected chi connectivity index (χ2v) is 8.14. The summed E-state index contributed by atoms with van der Waals surface area (Å²) in [7, 11) is -3.74. The first-order valence-corrected chi connectivity index (χ1v) is 10.1. The van der Waals surface area contributed by atoms with Crippen LogP contribution < -0.4 is 10.5 Å². The average Bonchev–Trinajstić information content (AvgIpc) is 3.01. The predicted octanol–water partition coefficient (Wildman–Crippen LogP) is 2.07. The van der Waals surface area contributed by atoms with Crippen molar-refractivity contribution in [2.75, 3.05) is 11.1 Å². The van der Waals surface area contributed by atoms with Crippen molar-refractivity contribution in [2.24, 2.45) is 5.14 Å². The molecule has 7 nitrogen and oxygen atoms in total. The highest BCUT2D eigenvalue weighted by Gasteiger charge is 2.10. The largest absolute Gasteiger partial charge is 0.325 e. The van der Waals surface area contributed by atoms with Crippen LogP contribution in [-0.4, -0.2) is 30.0 Å². The summed E-state index contributed by atoms with van der Waals surface area (Å²) >= 11 is 2.83. The molecule has 24 heavy (non-hydrogen) atoms. The van der Waals surface area contributed by atoms with Crippen LogP contribution in [0.1, 0.15) is 0 Å². The summed E-state index contributed by atoms with van der Waals surface area (Å²) in [6.07, 6.45) is 1.48. The molecule has 0 aliphatic rings. The Morgan fingerprint density at radius 3 is 2.67 bits per heavy atom. The van der Waals surface area contributed by atoms with Gasteiger partial charge in [0, 0.05) is 11.1 Å². The average molecular weight is 380 g/mol. The van der Waals surface area contributed by atoms with Gasteiger partial charge in [-0.3, -0.25) is 4.79 Å². The van der Waals surface area contributed by atoms with Crippen molar-refractivity contribution in [1.29, 1.82) is 0 Å². The van der Waals surface area contributed by atoms with Gasteiger partial charge in [-0.1, -0.05) is 11.8 Å². The number of carbonyl (C=O) groups is 1. The van der Waals surface area contributed by atoms with E-state index in [1.165, 1.54) is 53.7 Å². The number of thioether (sulfide) groups is 1. The highest BCUT2D eigenvalue weighted by Crippen LogP contribution is 2.27. The maximum absolute atomic E-state index is 12.0. The lowest BCUT2D eigenvalue weighted by Crippen LogP contribution is -2.15. The number of anilines is 1. The number of amides is 1. The van der Waals surface area contributed by atoms with Crippen LogP contribution >= 0.6 is 23.1 Å². The molecule has 0 bridgehead atoms. The summed E-state index contributed by atoms with van der Waals surface area (Å²) in [6, 6.07) is 7.59. The van der Waals surface area contributed by atoms with E-state index in [-0.39, 0.29) is 16.6 Å². The van der Waals surface area contributed by atoms with Gasteiger partial charge in [0.05, 0.1) is 10.6 Å². The number of fused-ring (bicyclic) bond motifs is 1. The second kappa shape index (κ2) is 6.85. The third-order valence-corrected chi connectivity index (χ3v) is 5.79. The smallest absolute Gasteiger partial charge is 0.238 e. The number of aromatic nitrogens is 2. The van der Waals surface area contributed by atoms with Crippen molar-refractivity contribution >= 4 is 54.9 Å². The van der Waals surface area contributed by atoms with E-state index in [0.29, 0.717) is 5.69 Å². The molecule has 3 aromatic rings. The van der Waals surface area contributed by atoms with E-state index in [9.17, 15) is 13.2 Å². The highest BCUT2D eigenvalue weighted by atomic mass is 32.2. The molecule has 124 valence electrons. The van der Waals surface area contributed by atoms with Gasteiger partial charge in [0.2, 0.25) is 15.9 Å². The number of benzene rings is 1. The maximum atomic E-state index is 12.0. The molecule has 0 radical (unpaired) electrons. The Morgan fingerprint density at radius 2 is 1.96 bits per heavy atom. The molecule has 2 heterocycles. The first-order valence-electron chi connectivity index (χ1n) is 6.67. The first-order chi connectivity index (χ1) is 11.4. The minimum Gasteiger partial charge on any atom is -0.325 e. The normalized spacial score (nSPS) is 11.5. The summed E-state index contributed by atoms with van der Waals surface area (Å²) in [5, 5.41) is 11.3. The standard InChI is InChI=1S/C14H12N4O3S3/c15-24(20,21)10-3-1-9(2-4-10)18-12(19)7-23-14-11-5-6-22-13(11)16-8-17-14/h1-6,8H,7H2,(H,18,19)(H2,15,20,21). The van der Waals surface area contributed by atoms with Crippen LogP contribution in [-0.2, 0) is 14.8 Å². The molecule has 0 unspecified atom stereocenters. The van der Waals surface area contributed by atoms with E-state index in [1.54, 1.807) is 0 Å². The number of nitrogens with one attached hydrogen (secondary N) is 1. The lowest BCUT2D eigenvalue weighted by Gasteiger charge is -2.06. The lowest BCUT2D eigenvalue weighted by molar-refractivity contribution is -0.113. The molecule has 0 spiro atoms. The van der Waals surface area contributed by atoms with Crippen LogP contribution in [0.25, 0.3) is 10.2 Å². The molecule has 3 rings (SSSR count). The Labute approximate surface area is 146 Å². The number of primary sulfonamides is 1. The van der Waals surface area contributed by atoms with Crippen molar-refractivity contribution < 1.29 is 13.2 Å². The molecule has 0 aliphatic carbocycles. The van der Waals surface area contributed by atoms with Gasteiger partial charge in [-0.05, 0) is 35.7 Å². The van der Waals surface area contributed by atoms with Gasteiger partial charge in [-0.25, -0.2) is 23.5 Å². The zero-order valence-corrected chi connectivity index (χ0v) is 14.6. The van der Waals surface area contributed by atoms with Crippen LogP contribution in [0.5, 0.6) is 0 Å². The minimum absolute atomic E-state index is 0.00397. The van der Waals surface area contributed by atoms with Crippen molar-refractivity contribution in [1.82, 2.24) is 9.97 Å². The monoisotopic (exact) mass is 380 g/mol. The Kier molecular flexibility index (Phi) is 4.81. The van der Waals surface area contributed by atoms with Gasteiger partial charge in [-0.15, -0.1) is 11.3 Å². The Bertz CT molecular complexity index is 984. The second-order valence-electron chi connectivity index (χ2n) is 4.72. The van der Waals surface area contributed by atoms with E-state index in [0.717, 1.165) is 15.2 Å². The minimum atomic E-state index is -3.74. The van der Waals surface area contributed by atoms with Crippen molar-refractivity contribution in [3.05, 3.63) is 42.0 Å². The number of nitrogens with zero attached hydrogens (tertiary/aromatic N) is 2. The molecule has 0 atom stereocenters. The van der Waals surface area contributed by atoms with Crippen LogP contribution in [0.15, 0.2) is 52.0 Å². The number of hydrogen-bond acceptors (Lipinski definition) is 7. The fourth-order valence-electron chi connectivity index (χ4n) is 1.94. The molecular weight excluding hydrogens is 368 g/mol. The van der Waals surface area contributed by atoms with Crippen LogP contribution in [0.4, 0.5) is 5.69 Å². The molecule has 10 heteroatoms. The van der Waals surface area contributed by atoms with Gasteiger partial charge < -0.3 is 5.32 Å². The Hall–Kier alpha value is -2.01. The van der Waals surface area contributed by atoms with E-state index in [1.807, 2.05) is 11.4 Å². The molecule has 1 aromatic carbocycles. The number of thiophene rings is 1. The number of rotatable bonds is 5. The molecule has 0 fully saturated rings. The van der Waals surface area contributed by atoms with Crippen molar-refractivity contribution in [3.63, 3.8) is 0 Å². The summed E-state index contributed by atoms with van der Waals surface area (Å²) in [4.78, 5) is 21.3. The van der Waals surface area contributed by atoms with Crippen LogP contribution in [0.3, 0.4) is 0 Å². The molecule has 0 aliphatic heterocycles. The Morgan fingerprint density at radius 1 is 1.21 bits per heavy atom. The molecule has 0 saturated heterocycles. The SMILES string of the molecule is NS(=O)(=O)c1ccc(NC(=O)CSc2ncnc3sccc23)cc1. The molecular formula is C14H12N4O3S3. The van der Waals surface area contributed by atoms with E-state index in [2.05, 4.69) is 15.3 Å². The zero-order valence-electron chi connectivity index (χ0n) is 12.2. The van der Waals surface area contributed by atoms with Gasteiger partial charge in [0.15, 0.2) is 0 Å². The summed E-state index contributed by atoms with van der Waals surface area (Å²) < 4.78 is 22.4. The first kappa shape index (κ1) is 16.8. The Balaban J connectivity index is 1.63. The topological polar surface area (TPSA) is 115 Å². The third-order valence-electron chi connectivity index (χ3n) is 3.03. The van der Waals surface area contributed by atoms with Crippen LogP contribution in [0, 0.1) is 0 Å². The molecule has 1 amide bonds. The van der Waals surface area contributed by atoms with Gasteiger partial charge in [0.1, 0.15) is 16.2 Å². The third kappa shape index (κ3) is 3.90. The van der Waals surface area contributed by atoms with Gasteiger partial charge in [-0.2, -0.15) is 0 Å². The van der Waals surface area contributed by atoms with E-state index < -0.39 is 10.0 Å². The predicted molar refractivity (Wildman–Crippen MR) is 94.6 cm³/mol. The summed E-state index contributed by atoms with van der Waals surface area (Å²) in [6.45, 7) is 0.